The molecule has 3 heteroatoms. The number of nitrogens with zero attached hydrogens (tertiary/aromatic N) is 1. The molecule has 2 bridgehead atoms. The first-order valence-corrected chi connectivity index (χ1v) is 6.32. The van der Waals surface area contributed by atoms with E-state index in [1.165, 1.54) is 25.1 Å². The van der Waals surface area contributed by atoms with Crippen molar-refractivity contribution in [3.8, 4) is 0 Å². The van der Waals surface area contributed by atoms with Crippen molar-refractivity contribution in [2.24, 2.45) is 0 Å². The first-order chi connectivity index (χ1) is 7.31. The van der Waals surface area contributed by atoms with Crippen molar-refractivity contribution >= 4 is 15.9 Å². The Morgan fingerprint density at radius 1 is 1.33 bits per heavy atom. The number of fused-ring (bicyclic) bond motifs is 2. The van der Waals surface area contributed by atoms with Gasteiger partial charge in [-0.3, -0.25) is 4.90 Å². The molecule has 80 valence electrons. The molecule has 2 nitrogen and oxygen atoms in total. The summed E-state index contributed by atoms with van der Waals surface area (Å²) in [5.74, 6) is 0. The van der Waals surface area contributed by atoms with Gasteiger partial charge < -0.3 is 5.32 Å². The van der Waals surface area contributed by atoms with Crippen LogP contribution in [0.3, 0.4) is 0 Å². The lowest BCUT2D eigenvalue weighted by Crippen LogP contribution is -2.42. The smallest absolute Gasteiger partial charge is 0.0240 e. The van der Waals surface area contributed by atoms with E-state index in [-0.39, 0.29) is 0 Å². The number of hydrogen-bond acceptors (Lipinski definition) is 2. The highest BCUT2D eigenvalue weighted by Gasteiger charge is 2.36. The van der Waals surface area contributed by atoms with Crippen molar-refractivity contribution < 1.29 is 0 Å². The first-order valence-electron chi connectivity index (χ1n) is 5.53. The normalized spacial score (nSPS) is 29.9. The fourth-order valence-corrected chi connectivity index (χ4v) is 2.93. The van der Waals surface area contributed by atoms with E-state index in [2.05, 4.69) is 50.4 Å². The summed E-state index contributed by atoms with van der Waals surface area (Å²) in [5.41, 5.74) is 1.42. The molecule has 1 N–H and O–H groups in total. The standard InChI is InChI=1S/C12H15BrN2/c13-10-3-1-9(2-4-10)7-15-8-11-5-12(15)6-14-11/h1-4,11-12,14H,5-8H2/t11-,12-/m0/s1. The molecular formula is C12H15BrN2. The van der Waals surface area contributed by atoms with Crippen LogP contribution < -0.4 is 5.32 Å². The predicted octanol–water partition coefficient (Wildman–Crippen LogP) is 2.00. The summed E-state index contributed by atoms with van der Waals surface area (Å²) in [7, 11) is 0. The fourth-order valence-electron chi connectivity index (χ4n) is 2.67. The molecule has 1 aromatic carbocycles. The van der Waals surface area contributed by atoms with Gasteiger partial charge in [-0.1, -0.05) is 28.1 Å². The molecule has 0 amide bonds. The third kappa shape index (κ3) is 1.96. The largest absolute Gasteiger partial charge is 0.311 e. The van der Waals surface area contributed by atoms with Crippen LogP contribution in [-0.4, -0.2) is 30.1 Å². The lowest BCUT2D eigenvalue weighted by atomic mass is 10.2. The molecule has 0 unspecified atom stereocenters. The molecule has 0 radical (unpaired) electrons. The molecule has 2 aliphatic rings. The number of benzene rings is 1. The van der Waals surface area contributed by atoms with Gasteiger partial charge in [0.1, 0.15) is 0 Å². The van der Waals surface area contributed by atoms with Gasteiger partial charge in [0.05, 0.1) is 0 Å². The third-order valence-electron chi connectivity index (χ3n) is 3.47. The zero-order chi connectivity index (χ0) is 10.3. The van der Waals surface area contributed by atoms with Crippen LogP contribution in [0, 0.1) is 0 Å². The Bertz CT molecular complexity index is 349. The maximum Gasteiger partial charge on any atom is 0.0240 e. The number of hydrogen-bond donors (Lipinski definition) is 1. The molecular weight excluding hydrogens is 252 g/mol. The van der Waals surface area contributed by atoms with Crippen LogP contribution >= 0.6 is 15.9 Å². The molecule has 2 fully saturated rings. The highest BCUT2D eigenvalue weighted by molar-refractivity contribution is 9.10. The minimum atomic E-state index is 0.755. The van der Waals surface area contributed by atoms with Crippen molar-refractivity contribution in [1.29, 1.82) is 0 Å². The molecule has 0 aromatic heterocycles. The average Bonchev–Trinajstić information content (AvgIpc) is 2.83. The van der Waals surface area contributed by atoms with E-state index in [1.54, 1.807) is 0 Å². The topological polar surface area (TPSA) is 15.3 Å². The van der Waals surface area contributed by atoms with Crippen molar-refractivity contribution in [3.63, 3.8) is 0 Å². The van der Waals surface area contributed by atoms with Gasteiger partial charge >= 0.3 is 0 Å². The van der Waals surface area contributed by atoms with Crippen molar-refractivity contribution in [2.45, 2.75) is 25.0 Å². The zero-order valence-electron chi connectivity index (χ0n) is 8.62. The summed E-state index contributed by atoms with van der Waals surface area (Å²) in [6.45, 7) is 3.51. The summed E-state index contributed by atoms with van der Waals surface area (Å²) in [6, 6.07) is 10.2. The highest BCUT2D eigenvalue weighted by Crippen LogP contribution is 2.25. The van der Waals surface area contributed by atoms with Gasteiger partial charge in [-0.25, -0.2) is 0 Å². The minimum Gasteiger partial charge on any atom is -0.311 e. The number of piperazine rings is 1. The fraction of sp³-hybridized carbons (Fsp3) is 0.500. The molecule has 2 aliphatic heterocycles. The van der Waals surface area contributed by atoms with Crippen molar-refractivity contribution in [2.75, 3.05) is 13.1 Å². The molecule has 0 spiro atoms. The Kier molecular flexibility index (Phi) is 2.54. The average molecular weight is 267 g/mol. The van der Waals surface area contributed by atoms with E-state index >= 15 is 0 Å². The maximum absolute atomic E-state index is 3.53. The molecule has 2 saturated heterocycles. The van der Waals surface area contributed by atoms with Crippen molar-refractivity contribution in [3.05, 3.63) is 34.3 Å². The molecule has 3 rings (SSSR count). The highest BCUT2D eigenvalue weighted by atomic mass is 79.9. The third-order valence-corrected chi connectivity index (χ3v) is 4.00. The number of likely N-dealkylation sites (tertiary alicyclic amines) is 1. The van der Waals surface area contributed by atoms with Gasteiger partial charge in [-0.05, 0) is 24.1 Å². The van der Waals surface area contributed by atoms with Gasteiger partial charge in [0.2, 0.25) is 0 Å². The minimum absolute atomic E-state index is 0.755. The number of halogens is 1. The zero-order valence-corrected chi connectivity index (χ0v) is 10.2. The number of nitrogens with one attached hydrogen (secondary N) is 1. The van der Waals surface area contributed by atoms with Crippen LogP contribution in [0.4, 0.5) is 0 Å². The van der Waals surface area contributed by atoms with E-state index in [4.69, 9.17) is 0 Å². The van der Waals surface area contributed by atoms with Gasteiger partial charge in [0.25, 0.3) is 0 Å². The summed E-state index contributed by atoms with van der Waals surface area (Å²) in [5, 5.41) is 3.53. The molecule has 0 saturated carbocycles. The van der Waals surface area contributed by atoms with Crippen LogP contribution in [0.2, 0.25) is 0 Å². The van der Waals surface area contributed by atoms with Gasteiger partial charge in [0, 0.05) is 36.2 Å². The summed E-state index contributed by atoms with van der Waals surface area (Å²) in [4.78, 5) is 2.60. The molecule has 2 atom stereocenters. The molecule has 1 aromatic rings. The Morgan fingerprint density at radius 3 is 2.73 bits per heavy atom. The van der Waals surface area contributed by atoms with Crippen LogP contribution in [0.15, 0.2) is 28.7 Å². The SMILES string of the molecule is Brc1ccc(CN2C[C@@H]3C[C@H]2CN3)cc1. The van der Waals surface area contributed by atoms with Gasteiger partial charge in [-0.2, -0.15) is 0 Å². The molecule has 15 heavy (non-hydrogen) atoms. The van der Waals surface area contributed by atoms with Crippen LogP contribution in [0.25, 0.3) is 0 Å². The van der Waals surface area contributed by atoms with Crippen LogP contribution in [0.1, 0.15) is 12.0 Å². The van der Waals surface area contributed by atoms with E-state index in [9.17, 15) is 0 Å². The lowest BCUT2D eigenvalue weighted by molar-refractivity contribution is 0.218. The Balaban J connectivity index is 1.68. The predicted molar refractivity (Wildman–Crippen MR) is 64.7 cm³/mol. The summed E-state index contributed by atoms with van der Waals surface area (Å²) >= 11 is 3.47. The maximum atomic E-state index is 3.53. The lowest BCUT2D eigenvalue weighted by Gasteiger charge is -2.27. The van der Waals surface area contributed by atoms with E-state index in [0.29, 0.717) is 0 Å². The molecule has 0 aliphatic carbocycles. The quantitative estimate of drug-likeness (QED) is 0.881. The van der Waals surface area contributed by atoms with Crippen molar-refractivity contribution in [1.82, 2.24) is 10.2 Å². The Morgan fingerprint density at radius 2 is 2.13 bits per heavy atom. The first kappa shape index (κ1) is 9.82. The van der Waals surface area contributed by atoms with Crippen LogP contribution in [-0.2, 0) is 6.54 Å². The Labute approximate surface area is 98.8 Å². The van der Waals surface area contributed by atoms with E-state index in [0.717, 1.165) is 23.1 Å². The van der Waals surface area contributed by atoms with E-state index < -0.39 is 0 Å². The summed E-state index contributed by atoms with van der Waals surface area (Å²) in [6.07, 6.45) is 1.34. The monoisotopic (exact) mass is 266 g/mol. The second-order valence-electron chi connectivity index (χ2n) is 4.55. The van der Waals surface area contributed by atoms with E-state index in [1.807, 2.05) is 0 Å². The second-order valence-corrected chi connectivity index (χ2v) is 5.47. The molecule has 2 heterocycles. The van der Waals surface area contributed by atoms with Gasteiger partial charge in [-0.15, -0.1) is 0 Å². The summed E-state index contributed by atoms with van der Waals surface area (Å²) < 4.78 is 1.16. The van der Waals surface area contributed by atoms with Gasteiger partial charge in [0.15, 0.2) is 0 Å². The Hall–Kier alpha value is -0.380. The number of rotatable bonds is 2. The second kappa shape index (κ2) is 3.89. The van der Waals surface area contributed by atoms with Crippen LogP contribution in [0.5, 0.6) is 0 Å².